The molecule has 0 spiro atoms. The van der Waals surface area contributed by atoms with Gasteiger partial charge in [-0.05, 0) is 19.4 Å². The summed E-state index contributed by atoms with van der Waals surface area (Å²) in [6.07, 6.45) is 0. The third-order valence-electron chi connectivity index (χ3n) is 3.22. The zero-order valence-corrected chi connectivity index (χ0v) is 11.4. The molecule has 1 saturated heterocycles. The third-order valence-corrected chi connectivity index (χ3v) is 3.41. The third kappa shape index (κ3) is 2.68. The number of benzene rings is 1. The summed E-state index contributed by atoms with van der Waals surface area (Å²) in [7, 11) is 0. The lowest BCUT2D eigenvalue weighted by Gasteiger charge is -2.41. The predicted molar refractivity (Wildman–Crippen MR) is 71.6 cm³/mol. The number of hydrogen-bond donors (Lipinski definition) is 0. The van der Waals surface area contributed by atoms with Crippen LogP contribution in [0.4, 0.5) is 0 Å². The largest absolute Gasteiger partial charge is 0.377 e. The molecule has 0 aliphatic carbocycles. The Labute approximate surface area is 113 Å². The molecule has 1 fully saturated rings. The first kappa shape index (κ1) is 13.4. The quantitative estimate of drug-likeness (QED) is 0.771. The maximum absolute atomic E-state index is 12.2. The second-order valence-electron chi connectivity index (χ2n) is 4.67. The smallest absolute Gasteiger partial charge is 0.241 e. The summed E-state index contributed by atoms with van der Waals surface area (Å²) in [5.74, 6) is -0.0266. The van der Waals surface area contributed by atoms with Gasteiger partial charge >= 0.3 is 0 Å². The molecular weight excluding hydrogens is 250 g/mol. The molecule has 0 N–H and O–H groups in total. The molecule has 1 aromatic rings. The van der Waals surface area contributed by atoms with Gasteiger partial charge in [-0.1, -0.05) is 30.3 Å². The van der Waals surface area contributed by atoms with Crippen molar-refractivity contribution in [1.29, 1.82) is 0 Å². The average Bonchev–Trinajstić information content (AvgIpc) is 2.38. The molecule has 0 bridgehead atoms. The minimum atomic E-state index is -0.503. The SMILES string of the molecule is CC(Cl)C(=O)N1[C@@H](C)COC[C@H]1c1ccccc1. The van der Waals surface area contributed by atoms with E-state index < -0.39 is 5.38 Å². The molecule has 0 radical (unpaired) electrons. The van der Waals surface area contributed by atoms with Gasteiger partial charge in [-0.15, -0.1) is 11.6 Å². The Morgan fingerprint density at radius 3 is 2.67 bits per heavy atom. The van der Waals surface area contributed by atoms with E-state index in [4.69, 9.17) is 16.3 Å². The second kappa shape index (κ2) is 5.72. The first-order valence-electron chi connectivity index (χ1n) is 6.20. The van der Waals surface area contributed by atoms with Crippen LogP contribution in [0.2, 0.25) is 0 Å². The topological polar surface area (TPSA) is 29.5 Å². The van der Waals surface area contributed by atoms with Crippen LogP contribution in [0.3, 0.4) is 0 Å². The number of halogens is 1. The van der Waals surface area contributed by atoms with Crippen molar-refractivity contribution in [2.24, 2.45) is 0 Å². The van der Waals surface area contributed by atoms with E-state index in [-0.39, 0.29) is 18.0 Å². The van der Waals surface area contributed by atoms with Crippen molar-refractivity contribution in [1.82, 2.24) is 4.90 Å². The fourth-order valence-electron chi connectivity index (χ4n) is 2.33. The van der Waals surface area contributed by atoms with Crippen molar-refractivity contribution < 1.29 is 9.53 Å². The van der Waals surface area contributed by atoms with Crippen molar-refractivity contribution in [2.75, 3.05) is 13.2 Å². The molecule has 2 rings (SSSR count). The number of rotatable bonds is 2. The van der Waals surface area contributed by atoms with Gasteiger partial charge < -0.3 is 9.64 Å². The fraction of sp³-hybridized carbons (Fsp3) is 0.500. The minimum absolute atomic E-state index is 0.0266. The van der Waals surface area contributed by atoms with E-state index in [0.717, 1.165) is 5.56 Å². The van der Waals surface area contributed by atoms with Gasteiger partial charge in [0, 0.05) is 0 Å². The maximum Gasteiger partial charge on any atom is 0.241 e. The summed E-state index contributed by atoms with van der Waals surface area (Å²) in [5.41, 5.74) is 1.09. The number of hydrogen-bond acceptors (Lipinski definition) is 2. The van der Waals surface area contributed by atoms with Crippen molar-refractivity contribution in [3.05, 3.63) is 35.9 Å². The van der Waals surface area contributed by atoms with Crippen LogP contribution in [-0.2, 0) is 9.53 Å². The van der Waals surface area contributed by atoms with Crippen molar-refractivity contribution >= 4 is 17.5 Å². The standard InChI is InChI=1S/C14H18ClNO2/c1-10-8-18-9-13(12-6-4-3-5-7-12)16(10)14(17)11(2)15/h3-7,10-11,13H,8-9H2,1-2H3/t10-,11?,13-/m0/s1. The molecule has 1 aliphatic heterocycles. The summed E-state index contributed by atoms with van der Waals surface area (Å²) in [6, 6.07) is 9.97. The van der Waals surface area contributed by atoms with E-state index >= 15 is 0 Å². The summed E-state index contributed by atoms with van der Waals surface area (Å²) < 4.78 is 5.57. The second-order valence-corrected chi connectivity index (χ2v) is 5.33. The first-order valence-corrected chi connectivity index (χ1v) is 6.64. The maximum atomic E-state index is 12.2. The van der Waals surface area contributed by atoms with E-state index in [1.165, 1.54) is 0 Å². The highest BCUT2D eigenvalue weighted by atomic mass is 35.5. The van der Waals surface area contributed by atoms with Gasteiger partial charge in [-0.25, -0.2) is 0 Å². The van der Waals surface area contributed by atoms with Crippen LogP contribution in [-0.4, -0.2) is 35.4 Å². The van der Waals surface area contributed by atoms with Crippen LogP contribution < -0.4 is 0 Å². The Balaban J connectivity index is 2.28. The van der Waals surface area contributed by atoms with Gasteiger partial charge in [0.25, 0.3) is 0 Å². The zero-order chi connectivity index (χ0) is 13.1. The molecule has 1 heterocycles. The Hall–Kier alpha value is -1.06. The number of carbonyl (C=O) groups excluding carboxylic acids is 1. The molecule has 1 amide bonds. The van der Waals surface area contributed by atoms with Gasteiger partial charge in [0.05, 0.1) is 25.3 Å². The van der Waals surface area contributed by atoms with E-state index in [2.05, 4.69) is 0 Å². The summed E-state index contributed by atoms with van der Waals surface area (Å²) >= 11 is 5.95. The van der Waals surface area contributed by atoms with Crippen LogP contribution in [0, 0.1) is 0 Å². The van der Waals surface area contributed by atoms with E-state index in [1.807, 2.05) is 42.2 Å². The molecule has 0 aromatic heterocycles. The van der Waals surface area contributed by atoms with Crippen LogP contribution >= 0.6 is 11.6 Å². The lowest BCUT2D eigenvalue weighted by molar-refractivity contribution is -0.144. The number of amides is 1. The highest BCUT2D eigenvalue weighted by Crippen LogP contribution is 2.28. The molecule has 4 heteroatoms. The first-order chi connectivity index (χ1) is 8.61. The Morgan fingerprint density at radius 2 is 2.06 bits per heavy atom. The van der Waals surface area contributed by atoms with E-state index in [0.29, 0.717) is 13.2 Å². The molecule has 3 nitrogen and oxygen atoms in total. The van der Waals surface area contributed by atoms with Crippen LogP contribution in [0.15, 0.2) is 30.3 Å². The van der Waals surface area contributed by atoms with Crippen LogP contribution in [0.1, 0.15) is 25.5 Å². The molecular formula is C14H18ClNO2. The van der Waals surface area contributed by atoms with Gasteiger partial charge in [0.15, 0.2) is 0 Å². The Kier molecular flexibility index (Phi) is 4.25. The number of nitrogens with zero attached hydrogens (tertiary/aromatic N) is 1. The summed E-state index contributed by atoms with van der Waals surface area (Å²) in [4.78, 5) is 14.1. The van der Waals surface area contributed by atoms with E-state index in [9.17, 15) is 4.79 Å². The summed E-state index contributed by atoms with van der Waals surface area (Å²) in [5, 5.41) is -0.503. The average molecular weight is 268 g/mol. The van der Waals surface area contributed by atoms with Gasteiger partial charge in [-0.2, -0.15) is 0 Å². The number of carbonyl (C=O) groups is 1. The van der Waals surface area contributed by atoms with Gasteiger partial charge in [-0.3, -0.25) is 4.79 Å². The van der Waals surface area contributed by atoms with Crippen LogP contribution in [0.25, 0.3) is 0 Å². The molecule has 1 unspecified atom stereocenters. The lowest BCUT2D eigenvalue weighted by atomic mass is 10.0. The summed E-state index contributed by atoms with van der Waals surface area (Å²) in [6.45, 7) is 4.81. The predicted octanol–water partition coefficient (Wildman–Crippen LogP) is 2.60. The number of morpholine rings is 1. The van der Waals surface area contributed by atoms with Crippen molar-refractivity contribution in [2.45, 2.75) is 31.3 Å². The number of alkyl halides is 1. The monoisotopic (exact) mass is 267 g/mol. The molecule has 0 saturated carbocycles. The van der Waals surface area contributed by atoms with E-state index in [1.54, 1.807) is 6.92 Å². The fourth-order valence-corrected chi connectivity index (χ4v) is 2.44. The highest BCUT2D eigenvalue weighted by molar-refractivity contribution is 6.30. The Morgan fingerprint density at radius 1 is 1.39 bits per heavy atom. The van der Waals surface area contributed by atoms with Crippen LogP contribution in [0.5, 0.6) is 0 Å². The Bertz CT molecular complexity index is 408. The zero-order valence-electron chi connectivity index (χ0n) is 10.7. The molecule has 98 valence electrons. The normalized spacial score (nSPS) is 25.8. The minimum Gasteiger partial charge on any atom is -0.377 e. The molecule has 3 atom stereocenters. The molecule has 1 aliphatic rings. The lowest BCUT2D eigenvalue weighted by Crippen LogP contribution is -2.51. The number of ether oxygens (including phenoxy) is 1. The van der Waals surface area contributed by atoms with Gasteiger partial charge in [0.1, 0.15) is 5.38 Å². The highest BCUT2D eigenvalue weighted by Gasteiger charge is 2.34. The molecule has 18 heavy (non-hydrogen) atoms. The molecule has 1 aromatic carbocycles. The van der Waals surface area contributed by atoms with Gasteiger partial charge in [0.2, 0.25) is 5.91 Å². The van der Waals surface area contributed by atoms with Crippen molar-refractivity contribution in [3.63, 3.8) is 0 Å². The van der Waals surface area contributed by atoms with Crippen molar-refractivity contribution in [3.8, 4) is 0 Å².